The molecule has 0 unspecified atom stereocenters. The number of oxime groups is 1. The summed E-state index contributed by atoms with van der Waals surface area (Å²) in [7, 11) is 0. The number of rotatable bonds is 6. The minimum absolute atomic E-state index is 0.102. The third-order valence-electron chi connectivity index (χ3n) is 2.96. The lowest BCUT2D eigenvalue weighted by Crippen LogP contribution is -2.48. The van der Waals surface area contributed by atoms with E-state index in [0.29, 0.717) is 19.3 Å². The smallest absolute Gasteiger partial charge is 0.270 e. The minimum Gasteiger partial charge on any atom is -0.395 e. The molecule has 0 atom stereocenters. The van der Waals surface area contributed by atoms with Crippen LogP contribution in [0, 0.1) is 17.0 Å². The molecule has 1 aromatic carbocycles. The van der Waals surface area contributed by atoms with Crippen molar-refractivity contribution < 1.29 is 28.3 Å². The topological polar surface area (TPSA) is 80.2 Å². The summed E-state index contributed by atoms with van der Waals surface area (Å²) in [5.41, 5.74) is -0.635. The van der Waals surface area contributed by atoms with Gasteiger partial charge in [0.05, 0.1) is 30.9 Å². The number of nitrogens with one attached hydrogen (secondary N) is 1. The van der Waals surface area contributed by atoms with Crippen LogP contribution in [-0.4, -0.2) is 43.7 Å². The molecular formula is C13H14F2N2O4. The van der Waals surface area contributed by atoms with Crippen molar-refractivity contribution in [2.24, 2.45) is 10.6 Å². The van der Waals surface area contributed by atoms with Gasteiger partial charge in [-0.2, -0.15) is 0 Å². The Kier molecular flexibility index (Phi) is 4.81. The van der Waals surface area contributed by atoms with E-state index < -0.39 is 23.0 Å². The molecule has 0 saturated carbocycles. The number of ether oxygens (including phenoxy) is 1. The second-order valence-corrected chi connectivity index (χ2v) is 4.77. The fourth-order valence-corrected chi connectivity index (χ4v) is 1.63. The van der Waals surface area contributed by atoms with Crippen molar-refractivity contribution in [2.75, 3.05) is 31.7 Å². The van der Waals surface area contributed by atoms with Crippen LogP contribution in [0.25, 0.3) is 0 Å². The van der Waals surface area contributed by atoms with Gasteiger partial charge in [-0.1, -0.05) is 5.16 Å². The van der Waals surface area contributed by atoms with E-state index in [0.717, 1.165) is 18.3 Å². The molecule has 1 fully saturated rings. The molecule has 0 bridgehead atoms. The molecule has 1 aliphatic heterocycles. The number of aliphatic hydroxyl groups is 1. The van der Waals surface area contributed by atoms with E-state index >= 15 is 0 Å². The zero-order chi connectivity index (χ0) is 15.3. The largest absolute Gasteiger partial charge is 0.395 e. The van der Waals surface area contributed by atoms with Crippen LogP contribution < -0.4 is 5.32 Å². The van der Waals surface area contributed by atoms with Gasteiger partial charge in [0.2, 0.25) is 0 Å². The molecule has 114 valence electrons. The highest BCUT2D eigenvalue weighted by molar-refractivity contribution is 6.31. The Morgan fingerprint density at radius 3 is 2.86 bits per heavy atom. The second-order valence-electron chi connectivity index (χ2n) is 4.77. The van der Waals surface area contributed by atoms with E-state index in [1.807, 2.05) is 0 Å². The van der Waals surface area contributed by atoms with Crippen molar-refractivity contribution in [3.05, 3.63) is 29.8 Å². The van der Waals surface area contributed by atoms with Gasteiger partial charge in [-0.3, -0.25) is 4.79 Å². The zero-order valence-corrected chi connectivity index (χ0v) is 11.0. The van der Waals surface area contributed by atoms with Crippen LogP contribution in [-0.2, 0) is 14.4 Å². The molecule has 0 radical (unpaired) electrons. The van der Waals surface area contributed by atoms with Crippen LogP contribution in [0.3, 0.4) is 0 Å². The number of carbonyl (C=O) groups is 1. The standard InChI is InChI=1S/C13H14F2N2O4/c14-9-1-2-11(10(15)3-9)17-12(19)4-16-21-8-13(5-18)6-20-7-13/h1-4,18H,5-8H2,(H,17,19). The van der Waals surface area contributed by atoms with E-state index in [9.17, 15) is 13.6 Å². The van der Waals surface area contributed by atoms with Gasteiger partial charge in [-0.05, 0) is 12.1 Å². The Hall–Kier alpha value is -2.06. The number of hydrogen-bond donors (Lipinski definition) is 2. The van der Waals surface area contributed by atoms with E-state index in [1.54, 1.807) is 0 Å². The van der Waals surface area contributed by atoms with E-state index in [1.165, 1.54) is 0 Å². The lowest BCUT2D eigenvalue weighted by atomic mass is 9.88. The molecule has 21 heavy (non-hydrogen) atoms. The molecule has 8 heteroatoms. The molecule has 0 aromatic heterocycles. The molecule has 2 rings (SSSR count). The number of hydrogen-bond acceptors (Lipinski definition) is 5. The fraction of sp³-hybridized carbons (Fsp3) is 0.385. The highest BCUT2D eigenvalue weighted by Crippen LogP contribution is 2.26. The Labute approximate surface area is 119 Å². The molecule has 1 aromatic rings. The first-order valence-corrected chi connectivity index (χ1v) is 6.15. The summed E-state index contributed by atoms with van der Waals surface area (Å²) in [6.07, 6.45) is 0.827. The molecule has 0 spiro atoms. The summed E-state index contributed by atoms with van der Waals surface area (Å²) >= 11 is 0. The van der Waals surface area contributed by atoms with Crippen LogP contribution in [0.15, 0.2) is 23.4 Å². The summed E-state index contributed by atoms with van der Waals surface area (Å²) in [4.78, 5) is 16.4. The summed E-state index contributed by atoms with van der Waals surface area (Å²) < 4.78 is 30.9. The normalized spacial score (nSPS) is 16.5. The molecule has 2 N–H and O–H groups in total. The Morgan fingerprint density at radius 2 is 2.29 bits per heavy atom. The Bertz CT molecular complexity index is 541. The number of carbonyl (C=O) groups excluding carboxylic acids is 1. The van der Waals surface area contributed by atoms with Gasteiger partial charge in [0, 0.05) is 6.07 Å². The van der Waals surface area contributed by atoms with Crippen LogP contribution >= 0.6 is 0 Å². The summed E-state index contributed by atoms with van der Waals surface area (Å²) in [6.45, 7) is 0.742. The first kappa shape index (κ1) is 15.3. The maximum atomic E-state index is 13.3. The molecule has 1 saturated heterocycles. The predicted molar refractivity (Wildman–Crippen MR) is 69.8 cm³/mol. The van der Waals surface area contributed by atoms with Crippen molar-refractivity contribution in [2.45, 2.75) is 0 Å². The number of benzene rings is 1. The highest BCUT2D eigenvalue weighted by atomic mass is 19.1. The van der Waals surface area contributed by atoms with Crippen molar-refractivity contribution in [3.8, 4) is 0 Å². The van der Waals surface area contributed by atoms with Crippen LogP contribution in [0.4, 0.5) is 14.5 Å². The van der Waals surface area contributed by atoms with Gasteiger partial charge < -0.3 is 20.0 Å². The molecule has 1 aliphatic rings. The third kappa shape index (κ3) is 3.96. The predicted octanol–water partition coefficient (Wildman–Crippen LogP) is 0.915. The molecule has 1 amide bonds. The Balaban J connectivity index is 1.80. The van der Waals surface area contributed by atoms with Crippen molar-refractivity contribution in [1.82, 2.24) is 0 Å². The fourth-order valence-electron chi connectivity index (χ4n) is 1.63. The summed E-state index contributed by atoms with van der Waals surface area (Å²) in [5, 5.41) is 14.8. The van der Waals surface area contributed by atoms with Crippen LogP contribution in [0.5, 0.6) is 0 Å². The SMILES string of the molecule is O=C(C=NOCC1(CO)COC1)Nc1ccc(F)cc1F. The molecular weight excluding hydrogens is 286 g/mol. The van der Waals surface area contributed by atoms with Gasteiger partial charge in [-0.25, -0.2) is 8.78 Å². The van der Waals surface area contributed by atoms with Crippen LogP contribution in [0.2, 0.25) is 0 Å². The number of halogens is 2. The molecule has 1 heterocycles. The lowest BCUT2D eigenvalue weighted by molar-refractivity contribution is -0.168. The monoisotopic (exact) mass is 300 g/mol. The molecule has 6 nitrogen and oxygen atoms in total. The van der Waals surface area contributed by atoms with Gasteiger partial charge >= 0.3 is 0 Å². The second kappa shape index (κ2) is 6.59. The molecule has 0 aliphatic carbocycles. The van der Waals surface area contributed by atoms with Gasteiger partial charge in [0.15, 0.2) is 0 Å². The minimum atomic E-state index is -0.886. The van der Waals surface area contributed by atoms with Crippen LogP contribution in [0.1, 0.15) is 0 Å². The first-order chi connectivity index (χ1) is 10.0. The Morgan fingerprint density at radius 1 is 1.52 bits per heavy atom. The average Bonchev–Trinajstić information content (AvgIpc) is 2.40. The summed E-state index contributed by atoms with van der Waals surface area (Å²) in [6, 6.07) is 2.78. The van der Waals surface area contributed by atoms with Gasteiger partial charge in [0.1, 0.15) is 24.5 Å². The van der Waals surface area contributed by atoms with E-state index in [4.69, 9.17) is 14.7 Å². The highest BCUT2D eigenvalue weighted by Gasteiger charge is 2.39. The lowest BCUT2D eigenvalue weighted by Gasteiger charge is -2.38. The average molecular weight is 300 g/mol. The quantitative estimate of drug-likeness (QED) is 0.604. The number of anilines is 1. The maximum absolute atomic E-state index is 13.3. The number of aliphatic hydroxyl groups excluding tert-OH is 1. The third-order valence-corrected chi connectivity index (χ3v) is 2.96. The number of nitrogens with zero attached hydrogens (tertiary/aromatic N) is 1. The van der Waals surface area contributed by atoms with Crippen molar-refractivity contribution >= 4 is 17.8 Å². The zero-order valence-electron chi connectivity index (χ0n) is 11.0. The first-order valence-electron chi connectivity index (χ1n) is 6.15. The van der Waals surface area contributed by atoms with Crippen molar-refractivity contribution in [1.29, 1.82) is 0 Å². The van der Waals surface area contributed by atoms with Crippen molar-refractivity contribution in [3.63, 3.8) is 0 Å². The summed E-state index contributed by atoms with van der Waals surface area (Å²) in [5.74, 6) is -2.34. The van der Waals surface area contributed by atoms with E-state index in [2.05, 4.69) is 10.5 Å². The van der Waals surface area contributed by atoms with E-state index in [-0.39, 0.29) is 18.9 Å². The number of amides is 1. The van der Waals surface area contributed by atoms with Gasteiger partial charge in [0.25, 0.3) is 5.91 Å². The van der Waals surface area contributed by atoms with Gasteiger partial charge in [-0.15, -0.1) is 0 Å². The maximum Gasteiger partial charge on any atom is 0.270 e.